The Hall–Kier alpha value is -4.31. The van der Waals surface area contributed by atoms with Crippen molar-refractivity contribution in [3.05, 3.63) is 91.0 Å². The van der Waals surface area contributed by atoms with Gasteiger partial charge in [0.2, 0.25) is 19.7 Å². The predicted octanol–water partition coefficient (Wildman–Crippen LogP) is 3.92. The second-order valence-corrected chi connectivity index (χ2v) is 12.9. The SMILES string of the molecule is O=C(CCC(S(=O)(=O)C(F)(F)C(=O)Oc1ccccc1)S(=O)(=O)C(F)(F)C(=O)Oc1ccccc1)Oc1ccccc1. The normalized spacial score (nSPS) is 12.4. The standard InChI is InChI=1S/C26H20F4O10S2/c27-25(28,23(32)39-19-12-6-2-7-13-19)41(34,35)22(17-16-21(31)38-18-10-4-1-5-11-18)42(36,37)26(29,30)24(33)40-20-14-8-3-9-15-20/h1-15,22H,16-17H2. The van der Waals surface area contributed by atoms with Gasteiger partial charge in [-0.1, -0.05) is 54.6 Å². The Morgan fingerprint density at radius 1 is 0.571 bits per heavy atom. The van der Waals surface area contributed by atoms with Crippen molar-refractivity contribution < 1.29 is 63.0 Å². The van der Waals surface area contributed by atoms with Gasteiger partial charge in [0.1, 0.15) is 17.2 Å². The third kappa shape index (κ3) is 6.94. The van der Waals surface area contributed by atoms with Crippen molar-refractivity contribution in [2.75, 3.05) is 0 Å². The minimum Gasteiger partial charge on any atom is -0.427 e. The lowest BCUT2D eigenvalue weighted by atomic mass is 10.3. The molecular weight excluding hydrogens is 612 g/mol. The first-order valence-electron chi connectivity index (χ1n) is 11.6. The number of sulfone groups is 2. The van der Waals surface area contributed by atoms with E-state index in [9.17, 15) is 31.2 Å². The average molecular weight is 633 g/mol. The van der Waals surface area contributed by atoms with Crippen LogP contribution in [0, 0.1) is 0 Å². The first-order chi connectivity index (χ1) is 19.6. The minimum absolute atomic E-state index is 0.127. The fourth-order valence-corrected chi connectivity index (χ4v) is 7.38. The fraction of sp³-hybridized carbons (Fsp3) is 0.192. The van der Waals surface area contributed by atoms with Gasteiger partial charge in [0, 0.05) is 6.42 Å². The number of carbonyl (C=O) groups excluding carboxylic acids is 3. The maximum absolute atomic E-state index is 15.1. The topological polar surface area (TPSA) is 147 Å². The maximum atomic E-state index is 15.1. The average Bonchev–Trinajstić information content (AvgIpc) is 2.94. The monoisotopic (exact) mass is 632 g/mol. The third-order valence-electron chi connectivity index (χ3n) is 5.35. The van der Waals surface area contributed by atoms with Gasteiger partial charge in [-0.3, -0.25) is 4.79 Å². The number of hydrogen-bond donors (Lipinski definition) is 0. The number of hydrogen-bond acceptors (Lipinski definition) is 10. The number of ether oxygens (including phenoxy) is 3. The Balaban J connectivity index is 1.98. The Bertz CT molecular complexity index is 1540. The van der Waals surface area contributed by atoms with Crippen LogP contribution in [-0.2, 0) is 34.1 Å². The summed E-state index contributed by atoms with van der Waals surface area (Å²) in [7, 11) is -13.7. The van der Waals surface area contributed by atoms with E-state index in [1.165, 1.54) is 66.7 Å². The molecule has 0 saturated carbocycles. The molecule has 3 rings (SSSR count). The van der Waals surface area contributed by atoms with Crippen LogP contribution in [0.3, 0.4) is 0 Å². The van der Waals surface area contributed by atoms with Crippen LogP contribution in [0.25, 0.3) is 0 Å². The molecular formula is C26H20F4O10S2. The van der Waals surface area contributed by atoms with Crippen LogP contribution in [0.5, 0.6) is 17.2 Å². The van der Waals surface area contributed by atoms with Gasteiger partial charge in [-0.25, -0.2) is 26.4 Å². The summed E-state index contributed by atoms with van der Waals surface area (Å²) in [6, 6.07) is 18.4. The van der Waals surface area contributed by atoms with Gasteiger partial charge in [-0.05, 0) is 42.8 Å². The zero-order valence-electron chi connectivity index (χ0n) is 21.1. The number of carbonyl (C=O) groups is 3. The van der Waals surface area contributed by atoms with Gasteiger partial charge >= 0.3 is 28.4 Å². The Morgan fingerprint density at radius 2 is 0.881 bits per heavy atom. The number of esters is 3. The molecule has 0 heterocycles. The van der Waals surface area contributed by atoms with E-state index in [0.29, 0.717) is 0 Å². The molecule has 0 amide bonds. The molecule has 0 aromatic heterocycles. The van der Waals surface area contributed by atoms with Gasteiger partial charge < -0.3 is 14.2 Å². The van der Waals surface area contributed by atoms with Gasteiger partial charge in [-0.2, -0.15) is 17.6 Å². The van der Waals surface area contributed by atoms with Gasteiger partial charge in [0.05, 0.1) is 0 Å². The van der Waals surface area contributed by atoms with Crippen molar-refractivity contribution >= 4 is 37.6 Å². The van der Waals surface area contributed by atoms with E-state index < -0.39 is 77.0 Å². The van der Waals surface area contributed by atoms with E-state index in [-0.39, 0.29) is 5.75 Å². The van der Waals surface area contributed by atoms with E-state index in [1.807, 2.05) is 0 Å². The minimum atomic E-state index is -6.83. The third-order valence-corrected chi connectivity index (χ3v) is 10.5. The lowest BCUT2D eigenvalue weighted by Gasteiger charge is -2.25. The molecule has 42 heavy (non-hydrogen) atoms. The lowest BCUT2D eigenvalue weighted by molar-refractivity contribution is -0.151. The van der Waals surface area contributed by atoms with Gasteiger partial charge in [0.25, 0.3) is 0 Å². The van der Waals surface area contributed by atoms with Crippen molar-refractivity contribution in [3.8, 4) is 17.2 Å². The summed E-state index contributed by atoms with van der Waals surface area (Å²) in [5.41, 5.74) is 0. The number of rotatable bonds is 12. The molecule has 3 aromatic rings. The zero-order chi connectivity index (χ0) is 31.2. The molecule has 16 heteroatoms. The molecule has 0 N–H and O–H groups in total. The highest BCUT2D eigenvalue weighted by molar-refractivity contribution is 8.10. The molecule has 0 aliphatic heterocycles. The number of halogens is 4. The summed E-state index contributed by atoms with van der Waals surface area (Å²) < 4.78 is 122. The Morgan fingerprint density at radius 3 is 1.21 bits per heavy atom. The van der Waals surface area contributed by atoms with Crippen LogP contribution >= 0.6 is 0 Å². The summed E-state index contributed by atoms with van der Waals surface area (Å²) >= 11 is 0. The molecule has 0 aliphatic carbocycles. The van der Waals surface area contributed by atoms with Crippen molar-refractivity contribution in [1.82, 2.24) is 0 Å². The quantitative estimate of drug-likeness (QED) is 0.164. The lowest BCUT2D eigenvalue weighted by Crippen LogP contribution is -2.54. The summed E-state index contributed by atoms with van der Waals surface area (Å²) in [6.45, 7) is 0. The van der Waals surface area contributed by atoms with Crippen molar-refractivity contribution in [2.24, 2.45) is 0 Å². The van der Waals surface area contributed by atoms with Gasteiger partial charge in [0.15, 0.2) is 4.58 Å². The highest BCUT2D eigenvalue weighted by Gasteiger charge is 2.67. The number of benzene rings is 3. The molecule has 224 valence electrons. The van der Waals surface area contributed by atoms with Crippen LogP contribution in [0.15, 0.2) is 91.0 Å². The summed E-state index contributed by atoms with van der Waals surface area (Å²) in [5.74, 6) is -8.34. The fourth-order valence-electron chi connectivity index (χ4n) is 3.26. The molecule has 0 bridgehead atoms. The molecule has 3 aromatic carbocycles. The molecule has 0 unspecified atom stereocenters. The van der Waals surface area contributed by atoms with E-state index >= 15 is 17.6 Å². The van der Waals surface area contributed by atoms with Crippen LogP contribution in [0.2, 0.25) is 0 Å². The van der Waals surface area contributed by atoms with Crippen LogP contribution < -0.4 is 14.2 Å². The summed E-state index contributed by atoms with van der Waals surface area (Å²) in [5, 5.41) is -11.5. The highest BCUT2D eigenvalue weighted by Crippen LogP contribution is 2.39. The molecule has 0 radical (unpaired) electrons. The zero-order valence-corrected chi connectivity index (χ0v) is 22.7. The van der Waals surface area contributed by atoms with Gasteiger partial charge in [-0.15, -0.1) is 0 Å². The Kier molecular flexibility index (Phi) is 9.73. The molecule has 0 fully saturated rings. The molecule has 10 nitrogen and oxygen atoms in total. The van der Waals surface area contributed by atoms with Crippen LogP contribution in [-0.4, -0.2) is 49.8 Å². The van der Waals surface area contributed by atoms with Crippen molar-refractivity contribution in [3.63, 3.8) is 0 Å². The van der Waals surface area contributed by atoms with Crippen LogP contribution in [0.1, 0.15) is 12.8 Å². The molecule has 0 aliphatic rings. The van der Waals surface area contributed by atoms with Crippen molar-refractivity contribution in [2.45, 2.75) is 27.9 Å². The smallest absolute Gasteiger partial charge is 0.427 e. The Labute approximate surface area is 236 Å². The number of para-hydroxylation sites is 3. The first-order valence-corrected chi connectivity index (χ1v) is 14.7. The highest BCUT2D eigenvalue weighted by atomic mass is 32.3. The second-order valence-electron chi connectivity index (χ2n) is 8.28. The first kappa shape index (κ1) is 32.2. The van der Waals surface area contributed by atoms with Crippen molar-refractivity contribution in [1.29, 1.82) is 0 Å². The number of alkyl halides is 4. The molecule has 0 atom stereocenters. The van der Waals surface area contributed by atoms with E-state index in [2.05, 4.69) is 9.47 Å². The molecule has 0 saturated heterocycles. The maximum Gasteiger partial charge on any atom is 0.441 e. The van der Waals surface area contributed by atoms with E-state index in [1.54, 1.807) is 0 Å². The summed E-state index contributed by atoms with van der Waals surface area (Å²) in [6.07, 6.45) is -3.09. The van der Waals surface area contributed by atoms with Crippen LogP contribution in [0.4, 0.5) is 17.6 Å². The molecule has 0 spiro atoms. The van der Waals surface area contributed by atoms with E-state index in [4.69, 9.17) is 4.74 Å². The summed E-state index contributed by atoms with van der Waals surface area (Å²) in [4.78, 5) is 36.6. The predicted molar refractivity (Wildman–Crippen MR) is 137 cm³/mol. The van der Waals surface area contributed by atoms with E-state index in [0.717, 1.165) is 24.3 Å². The second kappa shape index (κ2) is 12.7. The largest absolute Gasteiger partial charge is 0.441 e.